The maximum Gasteiger partial charge on any atom is 0.270 e. The minimum Gasteiger partial charge on any atom is -0.490 e. The van der Waals surface area contributed by atoms with Gasteiger partial charge in [0.2, 0.25) is 0 Å². The van der Waals surface area contributed by atoms with Crippen molar-refractivity contribution in [2.45, 2.75) is 26.9 Å². The van der Waals surface area contributed by atoms with E-state index in [0.717, 1.165) is 17.5 Å². The first-order chi connectivity index (χ1) is 18.2. The zero-order valence-electron chi connectivity index (χ0n) is 20.5. The molecule has 1 aliphatic rings. The molecule has 3 aromatic carbocycles. The average Bonchev–Trinajstić information content (AvgIpc) is 2.88. The van der Waals surface area contributed by atoms with Crippen molar-refractivity contribution < 1.29 is 19.1 Å². The molecule has 1 aliphatic heterocycles. The molecule has 0 aliphatic carbocycles. The Morgan fingerprint density at radius 1 is 0.895 bits per heavy atom. The van der Waals surface area contributed by atoms with Crippen LogP contribution in [-0.4, -0.2) is 23.5 Å². The van der Waals surface area contributed by atoms with Crippen molar-refractivity contribution >= 4 is 75.7 Å². The molecule has 1 fully saturated rings. The fourth-order valence-electron chi connectivity index (χ4n) is 3.80. The third kappa shape index (κ3) is 6.13. The van der Waals surface area contributed by atoms with Crippen molar-refractivity contribution in [3.05, 3.63) is 91.9 Å². The molecule has 0 spiro atoms. The van der Waals surface area contributed by atoms with Crippen molar-refractivity contribution in [3.8, 4) is 11.5 Å². The number of benzene rings is 3. The van der Waals surface area contributed by atoms with Crippen molar-refractivity contribution in [2.24, 2.45) is 0 Å². The summed E-state index contributed by atoms with van der Waals surface area (Å²) in [6.45, 7) is 4.37. The lowest BCUT2D eigenvalue weighted by Crippen LogP contribution is -2.54. The molecule has 0 aromatic heterocycles. The average molecular weight is 590 g/mol. The number of amides is 2. The fraction of sp³-hybridized carbons (Fsp3) is 0.179. The molecule has 0 saturated carbocycles. The number of hydrogen-bond donors (Lipinski definition) is 1. The van der Waals surface area contributed by atoms with Gasteiger partial charge in [-0.2, -0.15) is 0 Å². The number of carbonyl (C=O) groups is 2. The molecule has 0 atom stereocenters. The van der Waals surface area contributed by atoms with E-state index in [2.05, 4.69) is 5.32 Å². The van der Waals surface area contributed by atoms with E-state index in [4.69, 9.17) is 56.5 Å². The summed E-state index contributed by atoms with van der Waals surface area (Å²) in [4.78, 5) is 27.4. The molecule has 3 aromatic rings. The largest absolute Gasteiger partial charge is 0.490 e. The van der Waals surface area contributed by atoms with E-state index < -0.39 is 11.8 Å². The highest BCUT2D eigenvalue weighted by Gasteiger charge is 2.34. The van der Waals surface area contributed by atoms with Crippen molar-refractivity contribution in [3.63, 3.8) is 0 Å². The number of nitrogens with zero attached hydrogens (tertiary/aromatic N) is 1. The quantitative estimate of drug-likeness (QED) is 0.174. The molecule has 1 N–H and O–H groups in total. The summed E-state index contributed by atoms with van der Waals surface area (Å²) >= 11 is 23.9. The van der Waals surface area contributed by atoms with Crippen LogP contribution in [0.25, 0.3) is 6.08 Å². The minimum atomic E-state index is -0.601. The fourth-order valence-corrected chi connectivity index (χ4v) is 4.67. The molecule has 1 heterocycles. The predicted molar refractivity (Wildman–Crippen MR) is 155 cm³/mol. The topological polar surface area (TPSA) is 67.9 Å². The summed E-state index contributed by atoms with van der Waals surface area (Å²) in [5, 5.41) is 3.71. The SMILES string of the molecule is CCOc1cc(/C=C2\C(=O)NC(=S)N(c3ccc(CC)cc3)C2=O)cc(Cl)c1OCc1ccc(Cl)c(Cl)c1. The number of aryl methyl sites for hydroxylation is 1. The Labute approximate surface area is 241 Å². The van der Waals surface area contributed by atoms with Gasteiger partial charge in [-0.05, 0) is 84.7 Å². The summed E-state index contributed by atoms with van der Waals surface area (Å²) in [7, 11) is 0. The first kappa shape index (κ1) is 27.9. The van der Waals surface area contributed by atoms with Crippen LogP contribution in [-0.2, 0) is 22.6 Å². The van der Waals surface area contributed by atoms with Crippen molar-refractivity contribution in [2.75, 3.05) is 11.5 Å². The first-order valence-corrected chi connectivity index (χ1v) is 13.3. The third-order valence-electron chi connectivity index (χ3n) is 5.71. The molecule has 0 bridgehead atoms. The van der Waals surface area contributed by atoms with E-state index in [0.29, 0.717) is 39.4 Å². The molecule has 4 rings (SSSR count). The van der Waals surface area contributed by atoms with Gasteiger partial charge in [0.1, 0.15) is 12.2 Å². The normalized spacial score (nSPS) is 14.6. The standard InChI is InChI=1S/C28H23Cl3N2O4S/c1-3-16-5-8-19(9-6-16)33-27(35)20(26(34)32-28(33)38)11-18-13-23(31)25(24(14-18)36-4-2)37-15-17-7-10-21(29)22(30)12-17/h5-14H,3-4,15H2,1-2H3,(H,32,34,38)/b20-11+. The van der Waals surface area contributed by atoms with Gasteiger partial charge < -0.3 is 9.47 Å². The summed E-state index contributed by atoms with van der Waals surface area (Å²) in [6.07, 6.45) is 2.31. The predicted octanol–water partition coefficient (Wildman–Crippen LogP) is 7.02. The minimum absolute atomic E-state index is 0.0143. The van der Waals surface area contributed by atoms with Crippen LogP contribution in [0, 0.1) is 0 Å². The Morgan fingerprint density at radius 2 is 1.61 bits per heavy atom. The Bertz CT molecular complexity index is 1440. The molecule has 38 heavy (non-hydrogen) atoms. The van der Waals surface area contributed by atoms with Gasteiger partial charge in [-0.3, -0.25) is 19.8 Å². The second kappa shape index (κ2) is 12.2. The smallest absolute Gasteiger partial charge is 0.270 e. The van der Waals surface area contributed by atoms with E-state index in [-0.39, 0.29) is 22.3 Å². The zero-order chi connectivity index (χ0) is 27.4. The number of thiocarbonyl (C=S) groups is 1. The van der Waals surface area contributed by atoms with Crippen LogP contribution in [0.2, 0.25) is 15.1 Å². The van der Waals surface area contributed by atoms with Gasteiger partial charge in [0.25, 0.3) is 11.8 Å². The number of anilines is 1. The second-order valence-corrected chi connectivity index (χ2v) is 9.89. The molecule has 0 radical (unpaired) electrons. The Hall–Kier alpha value is -3.10. The van der Waals surface area contributed by atoms with Gasteiger partial charge >= 0.3 is 0 Å². The van der Waals surface area contributed by atoms with Crippen LogP contribution in [0.15, 0.2) is 60.2 Å². The summed E-state index contributed by atoms with van der Waals surface area (Å²) in [5.41, 5.74) is 2.84. The molecule has 6 nitrogen and oxygen atoms in total. The van der Waals surface area contributed by atoms with Crippen LogP contribution < -0.4 is 19.7 Å². The number of rotatable bonds is 8. The van der Waals surface area contributed by atoms with Crippen LogP contribution in [0.3, 0.4) is 0 Å². The van der Waals surface area contributed by atoms with E-state index in [1.807, 2.05) is 26.0 Å². The summed E-state index contributed by atoms with van der Waals surface area (Å²) < 4.78 is 11.7. The van der Waals surface area contributed by atoms with Crippen LogP contribution in [0.1, 0.15) is 30.5 Å². The molecule has 1 saturated heterocycles. The van der Waals surface area contributed by atoms with Gasteiger partial charge in [-0.1, -0.05) is 59.9 Å². The molecule has 0 unspecified atom stereocenters. The van der Waals surface area contributed by atoms with Crippen molar-refractivity contribution in [1.82, 2.24) is 5.32 Å². The van der Waals surface area contributed by atoms with Crippen LogP contribution in [0.5, 0.6) is 11.5 Å². The van der Waals surface area contributed by atoms with Gasteiger partial charge in [-0.25, -0.2) is 0 Å². The molecular formula is C28H23Cl3N2O4S. The van der Waals surface area contributed by atoms with E-state index in [1.54, 1.807) is 42.5 Å². The van der Waals surface area contributed by atoms with Gasteiger partial charge in [0.15, 0.2) is 16.6 Å². The second-order valence-electron chi connectivity index (χ2n) is 8.28. The lowest BCUT2D eigenvalue weighted by Gasteiger charge is -2.29. The Morgan fingerprint density at radius 3 is 2.26 bits per heavy atom. The van der Waals surface area contributed by atoms with Gasteiger partial charge in [-0.15, -0.1) is 0 Å². The van der Waals surface area contributed by atoms with E-state index >= 15 is 0 Å². The number of hydrogen-bond acceptors (Lipinski definition) is 5. The highest BCUT2D eigenvalue weighted by Crippen LogP contribution is 2.38. The lowest BCUT2D eigenvalue weighted by molar-refractivity contribution is -0.122. The number of nitrogens with one attached hydrogen (secondary N) is 1. The monoisotopic (exact) mass is 588 g/mol. The van der Waals surface area contributed by atoms with Crippen LogP contribution in [0.4, 0.5) is 5.69 Å². The Balaban J connectivity index is 1.64. The molecule has 10 heteroatoms. The first-order valence-electron chi connectivity index (χ1n) is 11.7. The zero-order valence-corrected chi connectivity index (χ0v) is 23.6. The van der Waals surface area contributed by atoms with Gasteiger partial charge in [0, 0.05) is 0 Å². The van der Waals surface area contributed by atoms with E-state index in [1.165, 1.54) is 11.0 Å². The highest BCUT2D eigenvalue weighted by molar-refractivity contribution is 7.80. The maximum absolute atomic E-state index is 13.4. The number of ether oxygens (including phenoxy) is 2. The Kier molecular flexibility index (Phi) is 8.95. The summed E-state index contributed by atoms with van der Waals surface area (Å²) in [5.74, 6) is -0.467. The lowest BCUT2D eigenvalue weighted by atomic mass is 10.1. The number of halogens is 3. The van der Waals surface area contributed by atoms with E-state index in [9.17, 15) is 9.59 Å². The third-order valence-corrected chi connectivity index (χ3v) is 7.02. The van der Waals surface area contributed by atoms with Gasteiger partial charge in [0.05, 0.1) is 27.4 Å². The highest BCUT2D eigenvalue weighted by atomic mass is 35.5. The van der Waals surface area contributed by atoms with Crippen molar-refractivity contribution in [1.29, 1.82) is 0 Å². The molecule has 196 valence electrons. The number of carbonyl (C=O) groups excluding carboxylic acids is 2. The molecule has 2 amide bonds. The summed E-state index contributed by atoms with van der Waals surface area (Å²) in [6, 6.07) is 15.8. The maximum atomic E-state index is 13.4. The van der Waals surface area contributed by atoms with Crippen LogP contribution >= 0.6 is 47.0 Å². The molecular weight excluding hydrogens is 567 g/mol.